The summed E-state index contributed by atoms with van der Waals surface area (Å²) < 4.78 is 0. The predicted molar refractivity (Wildman–Crippen MR) is 38.1 cm³/mol. The number of hydrogen-bond donors (Lipinski definition) is 3. The molecule has 0 radical (unpaired) electrons. The Bertz CT molecular complexity index is 51.7. The molecule has 0 saturated carbocycles. The minimum Gasteiger partial charge on any atom is -0.395 e. The van der Waals surface area contributed by atoms with Crippen LogP contribution in [-0.2, 0) is 0 Å². The Morgan fingerprint density at radius 1 is 1.62 bits per heavy atom. The number of aliphatic hydroxyl groups is 1. The molecule has 0 saturated heterocycles. The van der Waals surface area contributed by atoms with E-state index in [9.17, 15) is 0 Å². The largest absolute Gasteiger partial charge is 0.395 e. The van der Waals surface area contributed by atoms with Crippen molar-refractivity contribution < 1.29 is 5.11 Å². The molecular weight excluding hydrogens is 122 g/mol. The van der Waals surface area contributed by atoms with Gasteiger partial charge in [0.05, 0.1) is 6.61 Å². The van der Waals surface area contributed by atoms with E-state index in [1.807, 2.05) is 0 Å². The number of aliphatic hydroxyl groups excluding tert-OH is 1. The first-order valence-corrected chi connectivity index (χ1v) is 3.41. The Morgan fingerprint density at radius 2 is 2.25 bits per heavy atom. The van der Waals surface area contributed by atoms with Crippen molar-refractivity contribution in [2.24, 2.45) is 5.73 Å². The van der Waals surface area contributed by atoms with Gasteiger partial charge in [-0.05, 0) is 18.6 Å². The number of nitrogens with two attached hydrogens (primary N) is 1. The van der Waals surface area contributed by atoms with E-state index in [0.29, 0.717) is 0 Å². The minimum atomic E-state index is -0.0397. The molecule has 0 aromatic heterocycles. The third-order valence-electron chi connectivity index (χ3n) is 0.968. The molecule has 0 heterocycles. The second kappa shape index (κ2) is 5.41. The van der Waals surface area contributed by atoms with Crippen molar-refractivity contribution in [2.45, 2.75) is 18.9 Å². The summed E-state index contributed by atoms with van der Waals surface area (Å²) in [6.45, 7) is 0.0910. The van der Waals surface area contributed by atoms with E-state index in [4.69, 9.17) is 10.8 Å². The Morgan fingerprint density at radius 3 is 2.62 bits per heavy atom. The van der Waals surface area contributed by atoms with E-state index in [2.05, 4.69) is 12.6 Å². The van der Waals surface area contributed by atoms with Gasteiger partial charge in [0.25, 0.3) is 0 Å². The molecule has 50 valence electrons. The number of thiol groups is 1. The Labute approximate surface area is 55.5 Å². The predicted octanol–water partition coefficient (Wildman–Crippen LogP) is 0.0160. The Hall–Kier alpha value is 0.270. The average molecular weight is 135 g/mol. The lowest BCUT2D eigenvalue weighted by Crippen LogP contribution is -2.23. The zero-order valence-corrected chi connectivity index (χ0v) is 5.77. The summed E-state index contributed by atoms with van der Waals surface area (Å²) in [7, 11) is 0. The normalized spacial score (nSPS) is 13.9. The molecule has 8 heavy (non-hydrogen) atoms. The fraction of sp³-hybridized carbons (Fsp3) is 1.00. The van der Waals surface area contributed by atoms with E-state index in [-0.39, 0.29) is 12.6 Å². The molecule has 0 aromatic rings. The molecule has 0 fully saturated rings. The fourth-order valence-corrected chi connectivity index (χ4v) is 0.627. The number of rotatable bonds is 4. The standard InChI is InChI=1S/C5H13NOS/c6-5(4-7)2-1-3-8/h5,7-8H,1-4,6H2. The van der Waals surface area contributed by atoms with Crippen LogP contribution in [0.3, 0.4) is 0 Å². The van der Waals surface area contributed by atoms with Crippen molar-refractivity contribution >= 4 is 12.6 Å². The van der Waals surface area contributed by atoms with E-state index in [1.165, 1.54) is 0 Å². The summed E-state index contributed by atoms with van der Waals surface area (Å²) in [6, 6.07) is -0.0397. The maximum atomic E-state index is 8.41. The van der Waals surface area contributed by atoms with Crippen LogP contribution in [0.5, 0.6) is 0 Å². The van der Waals surface area contributed by atoms with Crippen molar-refractivity contribution in [3.05, 3.63) is 0 Å². The molecule has 3 heteroatoms. The van der Waals surface area contributed by atoms with Crippen molar-refractivity contribution in [3.63, 3.8) is 0 Å². The smallest absolute Gasteiger partial charge is 0.0582 e. The third kappa shape index (κ3) is 4.43. The maximum absolute atomic E-state index is 8.41. The monoisotopic (exact) mass is 135 g/mol. The van der Waals surface area contributed by atoms with E-state index in [1.54, 1.807) is 0 Å². The van der Waals surface area contributed by atoms with Crippen LogP contribution in [0, 0.1) is 0 Å². The molecule has 1 unspecified atom stereocenters. The third-order valence-corrected chi connectivity index (χ3v) is 1.28. The quantitative estimate of drug-likeness (QED) is 0.476. The Balaban J connectivity index is 2.86. The lowest BCUT2D eigenvalue weighted by Gasteiger charge is -2.03. The van der Waals surface area contributed by atoms with Crippen LogP contribution in [0.2, 0.25) is 0 Å². The first-order valence-electron chi connectivity index (χ1n) is 2.78. The molecule has 0 rings (SSSR count). The highest BCUT2D eigenvalue weighted by atomic mass is 32.1. The zero-order valence-electron chi connectivity index (χ0n) is 4.88. The summed E-state index contributed by atoms with van der Waals surface area (Å²) in [5.41, 5.74) is 5.38. The molecule has 0 aliphatic rings. The molecule has 0 aliphatic carbocycles. The number of hydrogen-bond acceptors (Lipinski definition) is 3. The lowest BCUT2D eigenvalue weighted by molar-refractivity contribution is 0.259. The first kappa shape index (κ1) is 8.27. The van der Waals surface area contributed by atoms with Crippen LogP contribution in [0.4, 0.5) is 0 Å². The summed E-state index contributed by atoms with van der Waals surface area (Å²) in [6.07, 6.45) is 1.87. The van der Waals surface area contributed by atoms with Gasteiger partial charge in [0.15, 0.2) is 0 Å². The van der Waals surface area contributed by atoms with Crippen LogP contribution in [-0.4, -0.2) is 23.5 Å². The highest BCUT2D eigenvalue weighted by Gasteiger charge is 1.96. The molecule has 2 nitrogen and oxygen atoms in total. The summed E-state index contributed by atoms with van der Waals surface area (Å²) in [5, 5.41) is 8.41. The fourth-order valence-electron chi connectivity index (χ4n) is 0.445. The molecular formula is C5H13NOS. The van der Waals surface area contributed by atoms with Crippen molar-refractivity contribution in [3.8, 4) is 0 Å². The SMILES string of the molecule is NC(CO)CCCS. The van der Waals surface area contributed by atoms with Gasteiger partial charge in [0.2, 0.25) is 0 Å². The lowest BCUT2D eigenvalue weighted by atomic mass is 10.2. The van der Waals surface area contributed by atoms with Gasteiger partial charge >= 0.3 is 0 Å². The summed E-state index contributed by atoms with van der Waals surface area (Å²) in [4.78, 5) is 0. The van der Waals surface area contributed by atoms with Gasteiger partial charge in [-0.2, -0.15) is 12.6 Å². The molecule has 0 bridgehead atoms. The van der Waals surface area contributed by atoms with Crippen LogP contribution in [0.15, 0.2) is 0 Å². The molecule has 0 aliphatic heterocycles. The van der Waals surface area contributed by atoms with Gasteiger partial charge < -0.3 is 10.8 Å². The molecule has 0 spiro atoms. The van der Waals surface area contributed by atoms with Gasteiger partial charge in [0, 0.05) is 6.04 Å². The van der Waals surface area contributed by atoms with Crippen LogP contribution >= 0.6 is 12.6 Å². The maximum Gasteiger partial charge on any atom is 0.0582 e. The second-order valence-corrected chi connectivity index (χ2v) is 2.26. The zero-order chi connectivity index (χ0) is 6.41. The van der Waals surface area contributed by atoms with Crippen molar-refractivity contribution in [1.82, 2.24) is 0 Å². The summed E-state index contributed by atoms with van der Waals surface area (Å²) in [5.74, 6) is 0.855. The van der Waals surface area contributed by atoms with Crippen LogP contribution in [0.25, 0.3) is 0 Å². The minimum absolute atomic E-state index is 0.0397. The van der Waals surface area contributed by atoms with E-state index in [0.717, 1.165) is 18.6 Å². The van der Waals surface area contributed by atoms with Crippen LogP contribution < -0.4 is 5.73 Å². The first-order chi connectivity index (χ1) is 3.81. The van der Waals surface area contributed by atoms with Gasteiger partial charge in [-0.25, -0.2) is 0 Å². The average Bonchev–Trinajstić information content (AvgIpc) is 1.83. The van der Waals surface area contributed by atoms with Gasteiger partial charge in [-0.3, -0.25) is 0 Å². The van der Waals surface area contributed by atoms with Crippen molar-refractivity contribution in [1.29, 1.82) is 0 Å². The topological polar surface area (TPSA) is 46.2 Å². The summed E-state index contributed by atoms with van der Waals surface area (Å²) >= 11 is 4.00. The Kier molecular flexibility index (Phi) is 5.59. The van der Waals surface area contributed by atoms with E-state index >= 15 is 0 Å². The molecule has 3 N–H and O–H groups in total. The highest BCUT2D eigenvalue weighted by Crippen LogP contribution is 1.93. The van der Waals surface area contributed by atoms with E-state index < -0.39 is 0 Å². The van der Waals surface area contributed by atoms with Gasteiger partial charge in [-0.15, -0.1) is 0 Å². The highest BCUT2D eigenvalue weighted by molar-refractivity contribution is 7.80. The van der Waals surface area contributed by atoms with Gasteiger partial charge in [0.1, 0.15) is 0 Å². The molecule has 0 aromatic carbocycles. The molecule has 0 amide bonds. The van der Waals surface area contributed by atoms with Gasteiger partial charge in [-0.1, -0.05) is 0 Å². The second-order valence-electron chi connectivity index (χ2n) is 1.81. The molecule has 1 atom stereocenters. The van der Waals surface area contributed by atoms with Crippen LogP contribution in [0.1, 0.15) is 12.8 Å². The van der Waals surface area contributed by atoms with Crippen molar-refractivity contribution in [2.75, 3.05) is 12.4 Å².